The minimum Gasteiger partial charge on any atom is -0.511 e. The van der Waals surface area contributed by atoms with Crippen LogP contribution in [0.15, 0.2) is 46.1 Å². The SMILES string of the molecule is [N-]=[N+]=C1C=CC2=C(O)CC(S(=O)(=O)O)=CC2=C1. The Kier molecular flexibility index (Phi) is 2.59. The monoisotopic (exact) mass is 252 g/mol. The summed E-state index contributed by atoms with van der Waals surface area (Å²) >= 11 is 0. The molecule has 0 heterocycles. The molecular formula is C10H8N2O4S. The van der Waals surface area contributed by atoms with Crippen LogP contribution in [0.25, 0.3) is 5.53 Å². The van der Waals surface area contributed by atoms with Gasteiger partial charge in [0.15, 0.2) is 0 Å². The summed E-state index contributed by atoms with van der Waals surface area (Å²) in [6, 6.07) is 0. The number of allylic oxidation sites excluding steroid dienone is 7. The molecule has 2 rings (SSSR count). The summed E-state index contributed by atoms with van der Waals surface area (Å²) in [6.45, 7) is 0. The fourth-order valence-electron chi connectivity index (χ4n) is 1.64. The van der Waals surface area contributed by atoms with Crippen LogP contribution in [0.5, 0.6) is 0 Å². The number of rotatable bonds is 1. The Hall–Kier alpha value is -1.95. The summed E-state index contributed by atoms with van der Waals surface area (Å²) in [7, 11) is -4.33. The van der Waals surface area contributed by atoms with Gasteiger partial charge in [-0.15, -0.1) is 0 Å². The van der Waals surface area contributed by atoms with E-state index in [2.05, 4.69) is 4.79 Å². The third-order valence-electron chi connectivity index (χ3n) is 2.45. The van der Waals surface area contributed by atoms with Gasteiger partial charge in [-0.3, -0.25) is 4.55 Å². The van der Waals surface area contributed by atoms with Crippen molar-refractivity contribution in [3.63, 3.8) is 0 Å². The van der Waals surface area contributed by atoms with E-state index in [0.717, 1.165) is 0 Å². The maximum Gasteiger partial charge on any atom is 0.316 e. The van der Waals surface area contributed by atoms with E-state index in [-0.39, 0.29) is 22.8 Å². The number of nitrogens with zero attached hydrogens (tertiary/aromatic N) is 2. The van der Waals surface area contributed by atoms with Crippen LogP contribution in [0, 0.1) is 0 Å². The van der Waals surface area contributed by atoms with Crippen LogP contribution in [0.3, 0.4) is 0 Å². The molecular weight excluding hydrogens is 244 g/mol. The van der Waals surface area contributed by atoms with E-state index in [4.69, 9.17) is 10.1 Å². The molecule has 0 unspecified atom stereocenters. The molecule has 0 atom stereocenters. The maximum atomic E-state index is 11.0. The van der Waals surface area contributed by atoms with Crippen molar-refractivity contribution in [2.75, 3.05) is 0 Å². The van der Waals surface area contributed by atoms with Crippen LogP contribution in [0.1, 0.15) is 6.42 Å². The molecule has 0 saturated carbocycles. The number of aliphatic hydroxyl groups excluding tert-OH is 1. The fourth-order valence-corrected chi connectivity index (χ4v) is 2.24. The first kappa shape index (κ1) is 11.5. The highest BCUT2D eigenvalue weighted by Gasteiger charge is 2.26. The molecule has 0 aromatic carbocycles. The molecule has 0 amide bonds. The number of fused-ring (bicyclic) bond motifs is 1. The van der Waals surface area contributed by atoms with Gasteiger partial charge in [0, 0.05) is 24.1 Å². The lowest BCUT2D eigenvalue weighted by Gasteiger charge is -2.17. The third kappa shape index (κ3) is 2.12. The van der Waals surface area contributed by atoms with Crippen LogP contribution in [0.2, 0.25) is 0 Å². The summed E-state index contributed by atoms with van der Waals surface area (Å²) in [4.78, 5) is 2.66. The van der Waals surface area contributed by atoms with Crippen molar-refractivity contribution in [1.29, 1.82) is 0 Å². The van der Waals surface area contributed by atoms with Crippen LogP contribution in [-0.2, 0) is 10.1 Å². The van der Waals surface area contributed by atoms with Crippen molar-refractivity contribution in [1.82, 2.24) is 0 Å². The second-order valence-corrected chi connectivity index (χ2v) is 5.06. The zero-order valence-electron chi connectivity index (χ0n) is 8.53. The van der Waals surface area contributed by atoms with E-state index in [0.29, 0.717) is 11.1 Å². The minimum atomic E-state index is -4.33. The molecule has 6 nitrogen and oxygen atoms in total. The third-order valence-corrected chi connectivity index (χ3v) is 3.38. The lowest BCUT2D eigenvalue weighted by atomic mass is 9.92. The Morgan fingerprint density at radius 1 is 1.29 bits per heavy atom. The maximum absolute atomic E-state index is 11.0. The topological polar surface area (TPSA) is 111 Å². The van der Waals surface area contributed by atoms with Crippen molar-refractivity contribution >= 4 is 15.8 Å². The van der Waals surface area contributed by atoms with Crippen molar-refractivity contribution < 1.29 is 22.9 Å². The molecule has 2 aliphatic carbocycles. The van der Waals surface area contributed by atoms with Gasteiger partial charge in [0.05, 0.1) is 4.91 Å². The summed E-state index contributed by atoms with van der Waals surface area (Å²) in [5.41, 5.74) is 9.65. The quantitative estimate of drug-likeness (QED) is 0.414. The summed E-state index contributed by atoms with van der Waals surface area (Å²) in [6.07, 6.45) is 5.37. The van der Waals surface area contributed by atoms with Crippen molar-refractivity contribution in [2.24, 2.45) is 0 Å². The molecule has 0 radical (unpaired) electrons. The second kappa shape index (κ2) is 3.81. The molecule has 0 saturated heterocycles. The predicted molar refractivity (Wildman–Crippen MR) is 59.8 cm³/mol. The van der Waals surface area contributed by atoms with Gasteiger partial charge in [-0.1, -0.05) is 0 Å². The van der Waals surface area contributed by atoms with Gasteiger partial charge in [0.2, 0.25) is 0 Å². The lowest BCUT2D eigenvalue weighted by Crippen LogP contribution is -2.12. The molecule has 2 N–H and O–H groups in total. The Morgan fingerprint density at radius 3 is 2.59 bits per heavy atom. The number of hydrogen-bond acceptors (Lipinski definition) is 3. The van der Waals surface area contributed by atoms with E-state index in [1.54, 1.807) is 0 Å². The number of hydrogen-bond donors (Lipinski definition) is 2. The molecule has 0 spiro atoms. The van der Waals surface area contributed by atoms with Gasteiger partial charge in [-0.2, -0.15) is 13.2 Å². The molecule has 17 heavy (non-hydrogen) atoms. The van der Waals surface area contributed by atoms with Gasteiger partial charge in [-0.25, -0.2) is 0 Å². The van der Waals surface area contributed by atoms with Gasteiger partial charge >= 0.3 is 5.71 Å². The van der Waals surface area contributed by atoms with E-state index in [1.807, 2.05) is 0 Å². The Balaban J connectivity index is 2.58. The Labute approximate surface area is 97.3 Å². The van der Waals surface area contributed by atoms with Crippen LogP contribution >= 0.6 is 0 Å². The van der Waals surface area contributed by atoms with E-state index < -0.39 is 10.1 Å². The van der Waals surface area contributed by atoms with Gasteiger partial charge in [0.25, 0.3) is 10.1 Å². The summed E-state index contributed by atoms with van der Waals surface area (Å²) in [5, 5.41) is 9.67. The average Bonchev–Trinajstić information content (AvgIpc) is 2.27. The molecule has 7 heteroatoms. The Morgan fingerprint density at radius 2 is 2.00 bits per heavy atom. The van der Waals surface area contributed by atoms with Crippen molar-refractivity contribution in [3.05, 3.63) is 51.6 Å². The first-order chi connectivity index (χ1) is 7.91. The standard InChI is InChI=1S/C10H8N2O4S/c11-12-7-1-2-9-6(3-7)4-8(5-10(9)13)17(14,15)16/h1-4,13H,5H2,(H,14,15,16). The van der Waals surface area contributed by atoms with Gasteiger partial charge in [-0.05, 0) is 17.7 Å². The molecule has 88 valence electrons. The zero-order valence-corrected chi connectivity index (χ0v) is 9.35. The van der Waals surface area contributed by atoms with Crippen molar-refractivity contribution in [3.8, 4) is 0 Å². The molecule has 0 fully saturated rings. The number of aliphatic hydroxyl groups is 1. The van der Waals surface area contributed by atoms with Crippen LogP contribution in [0.4, 0.5) is 0 Å². The van der Waals surface area contributed by atoms with Crippen LogP contribution in [-0.4, -0.2) is 28.6 Å². The second-order valence-electron chi connectivity index (χ2n) is 3.58. The highest BCUT2D eigenvalue weighted by atomic mass is 32.2. The molecule has 0 bridgehead atoms. The molecule has 2 aliphatic rings. The van der Waals surface area contributed by atoms with E-state index in [1.165, 1.54) is 24.3 Å². The average molecular weight is 252 g/mol. The highest BCUT2D eigenvalue weighted by molar-refractivity contribution is 7.89. The smallest absolute Gasteiger partial charge is 0.316 e. The largest absolute Gasteiger partial charge is 0.511 e. The molecule has 0 aliphatic heterocycles. The lowest BCUT2D eigenvalue weighted by molar-refractivity contribution is -0.00160. The van der Waals surface area contributed by atoms with Crippen molar-refractivity contribution in [2.45, 2.75) is 6.42 Å². The minimum absolute atomic E-state index is 0.153. The first-order valence-corrected chi connectivity index (χ1v) is 6.08. The fraction of sp³-hybridized carbons (Fsp3) is 0.100. The van der Waals surface area contributed by atoms with E-state index >= 15 is 0 Å². The Bertz CT molecular complexity index is 658. The summed E-state index contributed by atoms with van der Waals surface area (Å²) in [5.74, 6) is -0.153. The normalized spacial score (nSPS) is 19.5. The summed E-state index contributed by atoms with van der Waals surface area (Å²) < 4.78 is 30.9. The van der Waals surface area contributed by atoms with E-state index in [9.17, 15) is 13.5 Å². The first-order valence-electron chi connectivity index (χ1n) is 4.64. The molecule has 0 aromatic heterocycles. The van der Waals surface area contributed by atoms with Gasteiger partial charge in [0.1, 0.15) is 5.76 Å². The predicted octanol–water partition coefficient (Wildman–Crippen LogP) is 1.14. The molecule has 0 aromatic rings. The van der Waals surface area contributed by atoms with Crippen LogP contribution < -0.4 is 0 Å². The van der Waals surface area contributed by atoms with Gasteiger partial charge < -0.3 is 10.6 Å². The highest BCUT2D eigenvalue weighted by Crippen LogP contribution is 2.32. The zero-order chi connectivity index (χ0) is 12.6.